The molecular formula is C24H28N6. The first-order valence-electron chi connectivity index (χ1n) is 10.6. The van der Waals surface area contributed by atoms with Crippen LogP contribution in [-0.2, 0) is 6.42 Å². The van der Waals surface area contributed by atoms with Crippen LogP contribution in [0.3, 0.4) is 0 Å². The molecule has 1 saturated heterocycles. The topological polar surface area (TPSA) is 82.9 Å². The highest BCUT2D eigenvalue weighted by atomic mass is 15.2. The minimum atomic E-state index is 0.128. The van der Waals surface area contributed by atoms with E-state index in [1.165, 1.54) is 11.1 Å². The normalized spacial score (nSPS) is 19.7. The molecule has 0 bridgehead atoms. The molecule has 0 unspecified atom stereocenters. The van der Waals surface area contributed by atoms with E-state index in [2.05, 4.69) is 57.3 Å². The van der Waals surface area contributed by atoms with Gasteiger partial charge in [0.15, 0.2) is 0 Å². The van der Waals surface area contributed by atoms with Crippen LogP contribution in [0, 0.1) is 5.41 Å². The van der Waals surface area contributed by atoms with Gasteiger partial charge in [0.05, 0.1) is 5.69 Å². The van der Waals surface area contributed by atoms with Crippen molar-refractivity contribution in [1.82, 2.24) is 15.2 Å². The maximum atomic E-state index is 6.74. The van der Waals surface area contributed by atoms with Gasteiger partial charge in [-0.25, -0.2) is 4.98 Å². The molecule has 1 spiro atoms. The molecule has 2 aliphatic rings. The van der Waals surface area contributed by atoms with Crippen molar-refractivity contribution in [2.75, 3.05) is 30.4 Å². The van der Waals surface area contributed by atoms with Crippen molar-refractivity contribution in [3.05, 3.63) is 77.6 Å². The van der Waals surface area contributed by atoms with Crippen molar-refractivity contribution in [2.45, 2.75) is 25.3 Å². The minimum Gasteiger partial charge on any atom is -0.373 e. The fourth-order valence-corrected chi connectivity index (χ4v) is 5.05. The number of benzene rings is 1. The van der Waals surface area contributed by atoms with E-state index < -0.39 is 0 Å². The standard InChI is InChI=1S/C24H28N6/c1-16(20-7-10-27-29-20)18-13-21(26-2)28-22(14-18)30-11-8-24(9-12-30)15-17-5-3-4-6-19(17)23(24)25/h3-7,10,13-14,23H,1,8-9,11-12,15,25H2,2H3,(H,26,28)(H,27,29)/t23-/m1/s1. The fraction of sp³-hybridized carbons (Fsp3) is 0.333. The fourth-order valence-electron chi connectivity index (χ4n) is 5.05. The molecule has 0 radical (unpaired) electrons. The summed E-state index contributed by atoms with van der Waals surface area (Å²) in [5.74, 6) is 1.82. The van der Waals surface area contributed by atoms with E-state index in [1.807, 2.05) is 19.2 Å². The van der Waals surface area contributed by atoms with Crippen molar-refractivity contribution in [1.29, 1.82) is 0 Å². The minimum absolute atomic E-state index is 0.128. The summed E-state index contributed by atoms with van der Waals surface area (Å²) in [4.78, 5) is 7.21. The van der Waals surface area contributed by atoms with E-state index in [0.29, 0.717) is 0 Å². The molecule has 3 aromatic rings. The Hall–Kier alpha value is -3.12. The van der Waals surface area contributed by atoms with Gasteiger partial charge in [0.2, 0.25) is 0 Å². The molecular weight excluding hydrogens is 372 g/mol. The van der Waals surface area contributed by atoms with Crippen LogP contribution < -0.4 is 16.0 Å². The summed E-state index contributed by atoms with van der Waals surface area (Å²) in [5, 5.41) is 10.2. The van der Waals surface area contributed by atoms with Crippen molar-refractivity contribution in [3.8, 4) is 0 Å². The number of nitrogens with zero attached hydrogens (tertiary/aromatic N) is 3. The van der Waals surface area contributed by atoms with Gasteiger partial charge in [-0.05, 0) is 65.1 Å². The van der Waals surface area contributed by atoms with Crippen LogP contribution in [0.4, 0.5) is 11.6 Å². The zero-order chi connectivity index (χ0) is 20.7. The number of piperidine rings is 1. The third kappa shape index (κ3) is 3.08. The van der Waals surface area contributed by atoms with E-state index in [1.54, 1.807) is 6.20 Å². The highest BCUT2D eigenvalue weighted by molar-refractivity contribution is 5.78. The van der Waals surface area contributed by atoms with Gasteiger partial charge < -0.3 is 16.0 Å². The number of hydrogen-bond acceptors (Lipinski definition) is 5. The molecule has 0 saturated carbocycles. The Labute approximate surface area is 177 Å². The highest BCUT2D eigenvalue weighted by Crippen LogP contribution is 2.51. The van der Waals surface area contributed by atoms with Gasteiger partial charge in [0, 0.05) is 32.4 Å². The Morgan fingerprint density at radius 2 is 2.03 bits per heavy atom. The maximum absolute atomic E-state index is 6.74. The molecule has 1 fully saturated rings. The van der Waals surface area contributed by atoms with E-state index in [-0.39, 0.29) is 11.5 Å². The molecule has 1 aliphatic heterocycles. The van der Waals surface area contributed by atoms with Gasteiger partial charge >= 0.3 is 0 Å². The number of nitrogens with two attached hydrogens (primary N) is 1. The van der Waals surface area contributed by atoms with Gasteiger partial charge in [-0.15, -0.1) is 0 Å². The SMILES string of the molecule is C=C(c1cc(NC)nc(N2CCC3(CC2)Cc2ccccc2[C@H]3N)c1)c1ccn[nH]1. The van der Waals surface area contributed by atoms with Crippen molar-refractivity contribution in [3.63, 3.8) is 0 Å². The molecule has 154 valence electrons. The van der Waals surface area contributed by atoms with Gasteiger partial charge in [0.25, 0.3) is 0 Å². The first-order valence-corrected chi connectivity index (χ1v) is 10.6. The van der Waals surface area contributed by atoms with Crippen LogP contribution in [0.15, 0.2) is 55.2 Å². The van der Waals surface area contributed by atoms with Crippen LogP contribution in [0.25, 0.3) is 5.57 Å². The van der Waals surface area contributed by atoms with Gasteiger partial charge in [-0.1, -0.05) is 30.8 Å². The molecule has 0 amide bonds. The predicted octanol–water partition coefficient (Wildman–Crippen LogP) is 3.75. The Morgan fingerprint density at radius 1 is 1.23 bits per heavy atom. The molecule has 1 aromatic carbocycles. The average molecular weight is 401 g/mol. The molecule has 2 aromatic heterocycles. The second-order valence-corrected chi connectivity index (χ2v) is 8.50. The Morgan fingerprint density at radius 3 is 2.73 bits per heavy atom. The molecule has 4 N–H and O–H groups in total. The lowest BCUT2D eigenvalue weighted by atomic mass is 9.73. The number of anilines is 2. The lowest BCUT2D eigenvalue weighted by Crippen LogP contribution is -2.44. The number of H-pyrrole nitrogens is 1. The molecule has 6 nitrogen and oxygen atoms in total. The second-order valence-electron chi connectivity index (χ2n) is 8.50. The van der Waals surface area contributed by atoms with E-state index in [0.717, 1.165) is 60.8 Å². The van der Waals surface area contributed by atoms with Crippen LogP contribution in [0.1, 0.15) is 41.3 Å². The Bertz CT molecular complexity index is 1060. The summed E-state index contributed by atoms with van der Waals surface area (Å²) >= 11 is 0. The first kappa shape index (κ1) is 18.9. The maximum Gasteiger partial charge on any atom is 0.131 e. The lowest BCUT2D eigenvalue weighted by molar-refractivity contribution is 0.187. The largest absolute Gasteiger partial charge is 0.373 e. The number of aromatic amines is 1. The first-order chi connectivity index (χ1) is 14.6. The number of nitrogens with one attached hydrogen (secondary N) is 2. The quantitative estimate of drug-likeness (QED) is 0.621. The van der Waals surface area contributed by atoms with Crippen LogP contribution in [0.5, 0.6) is 0 Å². The van der Waals surface area contributed by atoms with E-state index in [9.17, 15) is 0 Å². The summed E-state index contributed by atoms with van der Waals surface area (Å²) in [6.07, 6.45) is 4.98. The van der Waals surface area contributed by atoms with Gasteiger partial charge in [-0.2, -0.15) is 5.10 Å². The summed E-state index contributed by atoms with van der Waals surface area (Å²) in [6, 6.07) is 14.9. The van der Waals surface area contributed by atoms with Gasteiger partial charge in [0.1, 0.15) is 11.6 Å². The molecule has 5 rings (SSSR count). The van der Waals surface area contributed by atoms with Crippen LogP contribution >= 0.6 is 0 Å². The van der Waals surface area contributed by atoms with Crippen molar-refractivity contribution < 1.29 is 0 Å². The van der Waals surface area contributed by atoms with Crippen molar-refractivity contribution >= 4 is 17.2 Å². The monoisotopic (exact) mass is 400 g/mol. The summed E-state index contributed by atoms with van der Waals surface area (Å²) in [5.41, 5.74) is 12.5. The molecule has 30 heavy (non-hydrogen) atoms. The smallest absolute Gasteiger partial charge is 0.131 e. The third-order valence-electron chi connectivity index (χ3n) is 6.92. The molecule has 1 atom stereocenters. The summed E-state index contributed by atoms with van der Waals surface area (Å²) in [6.45, 7) is 6.17. The lowest BCUT2D eigenvalue weighted by Gasteiger charge is -2.42. The average Bonchev–Trinajstić information content (AvgIpc) is 3.41. The summed E-state index contributed by atoms with van der Waals surface area (Å²) in [7, 11) is 1.90. The number of aromatic nitrogens is 3. The highest BCUT2D eigenvalue weighted by Gasteiger charge is 2.45. The van der Waals surface area contributed by atoms with Gasteiger partial charge in [-0.3, -0.25) is 5.10 Å². The zero-order valence-corrected chi connectivity index (χ0v) is 17.4. The Kier molecular flexibility index (Phi) is 4.59. The number of rotatable bonds is 4. The molecule has 3 heterocycles. The molecule has 6 heteroatoms. The number of hydrogen-bond donors (Lipinski definition) is 3. The third-order valence-corrected chi connectivity index (χ3v) is 6.92. The van der Waals surface area contributed by atoms with Crippen molar-refractivity contribution in [2.24, 2.45) is 11.1 Å². The van der Waals surface area contributed by atoms with Crippen LogP contribution in [0.2, 0.25) is 0 Å². The Balaban J connectivity index is 1.38. The predicted molar refractivity (Wildman–Crippen MR) is 121 cm³/mol. The molecule has 1 aliphatic carbocycles. The number of pyridine rings is 1. The summed E-state index contributed by atoms with van der Waals surface area (Å²) < 4.78 is 0. The van der Waals surface area contributed by atoms with E-state index >= 15 is 0 Å². The number of fused-ring (bicyclic) bond motifs is 1. The second kappa shape index (κ2) is 7.29. The zero-order valence-electron chi connectivity index (χ0n) is 17.4. The van der Waals surface area contributed by atoms with Crippen LogP contribution in [-0.4, -0.2) is 35.3 Å². The van der Waals surface area contributed by atoms with E-state index in [4.69, 9.17) is 10.7 Å².